The van der Waals surface area contributed by atoms with Crippen molar-refractivity contribution >= 4 is 15.9 Å². The Morgan fingerprint density at radius 1 is 1.33 bits per heavy atom. The fraction of sp³-hybridized carbons (Fsp3) is 0.294. The number of hydrogen-bond acceptors (Lipinski definition) is 3. The minimum atomic E-state index is -0.122. The molecular weight excluding hydrogens is 330 g/mol. The Morgan fingerprint density at radius 2 is 2.14 bits per heavy atom. The lowest BCUT2D eigenvalue weighted by atomic mass is 9.97. The van der Waals surface area contributed by atoms with Crippen LogP contribution in [0, 0.1) is 0 Å². The van der Waals surface area contributed by atoms with Gasteiger partial charge in [-0.2, -0.15) is 0 Å². The second-order valence-corrected chi connectivity index (χ2v) is 6.12. The standard InChI is InChI=1S/C17H18BrNO2/c1-20-16-5-3-2-4-14(16)15(19)10-12-9-13(18)8-11-6-7-21-17(11)12/h2-5,8-9,15H,6-7,10,19H2,1H3. The molecule has 1 atom stereocenters. The van der Waals surface area contributed by atoms with Gasteiger partial charge in [-0.25, -0.2) is 0 Å². The van der Waals surface area contributed by atoms with Gasteiger partial charge >= 0.3 is 0 Å². The summed E-state index contributed by atoms with van der Waals surface area (Å²) >= 11 is 3.57. The number of nitrogens with two attached hydrogens (primary N) is 1. The molecule has 0 aromatic heterocycles. The fourth-order valence-corrected chi connectivity index (χ4v) is 3.37. The van der Waals surface area contributed by atoms with Crippen LogP contribution in [-0.4, -0.2) is 13.7 Å². The van der Waals surface area contributed by atoms with E-state index in [0.29, 0.717) is 0 Å². The van der Waals surface area contributed by atoms with Crippen LogP contribution in [0.4, 0.5) is 0 Å². The van der Waals surface area contributed by atoms with Crippen LogP contribution in [0.2, 0.25) is 0 Å². The molecule has 3 nitrogen and oxygen atoms in total. The smallest absolute Gasteiger partial charge is 0.125 e. The molecule has 0 bridgehead atoms. The number of rotatable bonds is 4. The molecule has 0 amide bonds. The quantitative estimate of drug-likeness (QED) is 0.918. The molecule has 2 aromatic rings. The highest BCUT2D eigenvalue weighted by Crippen LogP contribution is 2.36. The zero-order valence-electron chi connectivity index (χ0n) is 11.9. The molecule has 1 aliphatic heterocycles. The van der Waals surface area contributed by atoms with Gasteiger partial charge in [0.1, 0.15) is 11.5 Å². The van der Waals surface area contributed by atoms with Crippen LogP contribution in [0.15, 0.2) is 40.9 Å². The Kier molecular flexibility index (Phi) is 4.17. The van der Waals surface area contributed by atoms with E-state index in [-0.39, 0.29) is 6.04 Å². The van der Waals surface area contributed by atoms with E-state index >= 15 is 0 Å². The third kappa shape index (κ3) is 2.92. The largest absolute Gasteiger partial charge is 0.496 e. The summed E-state index contributed by atoms with van der Waals surface area (Å²) in [6.07, 6.45) is 1.69. The number of benzene rings is 2. The maximum Gasteiger partial charge on any atom is 0.125 e. The van der Waals surface area contributed by atoms with Gasteiger partial charge in [0, 0.05) is 22.5 Å². The van der Waals surface area contributed by atoms with Gasteiger partial charge in [0.15, 0.2) is 0 Å². The number of methoxy groups -OCH3 is 1. The zero-order valence-corrected chi connectivity index (χ0v) is 13.5. The van der Waals surface area contributed by atoms with E-state index in [1.54, 1.807) is 7.11 Å². The first-order valence-corrected chi connectivity index (χ1v) is 7.81. The average molecular weight is 348 g/mol. The van der Waals surface area contributed by atoms with Crippen LogP contribution in [0.5, 0.6) is 11.5 Å². The number of halogens is 1. The predicted molar refractivity (Wildman–Crippen MR) is 87.0 cm³/mol. The molecule has 4 heteroatoms. The Balaban J connectivity index is 1.90. The molecule has 0 saturated heterocycles. The first kappa shape index (κ1) is 14.4. The van der Waals surface area contributed by atoms with E-state index in [2.05, 4.69) is 28.1 Å². The van der Waals surface area contributed by atoms with Gasteiger partial charge in [0.2, 0.25) is 0 Å². The summed E-state index contributed by atoms with van der Waals surface area (Å²) in [6, 6.07) is 12.0. The number of hydrogen-bond donors (Lipinski definition) is 1. The molecule has 21 heavy (non-hydrogen) atoms. The highest BCUT2D eigenvalue weighted by molar-refractivity contribution is 9.10. The summed E-state index contributed by atoms with van der Waals surface area (Å²) in [5.41, 5.74) is 9.82. The lowest BCUT2D eigenvalue weighted by Crippen LogP contribution is -2.15. The second kappa shape index (κ2) is 6.08. The van der Waals surface area contributed by atoms with Gasteiger partial charge in [0.25, 0.3) is 0 Å². The average Bonchev–Trinajstić information content (AvgIpc) is 2.95. The lowest BCUT2D eigenvalue weighted by Gasteiger charge is -2.17. The first-order valence-electron chi connectivity index (χ1n) is 7.01. The van der Waals surface area contributed by atoms with Crippen molar-refractivity contribution in [2.45, 2.75) is 18.9 Å². The molecular formula is C17H18BrNO2. The van der Waals surface area contributed by atoms with E-state index in [0.717, 1.165) is 46.5 Å². The van der Waals surface area contributed by atoms with Gasteiger partial charge in [-0.05, 0) is 35.7 Å². The van der Waals surface area contributed by atoms with Crippen molar-refractivity contribution in [3.05, 3.63) is 57.6 Å². The molecule has 0 radical (unpaired) electrons. The normalized spacial score (nSPS) is 14.4. The van der Waals surface area contributed by atoms with E-state index in [1.165, 1.54) is 5.56 Å². The van der Waals surface area contributed by atoms with Crippen LogP contribution < -0.4 is 15.2 Å². The summed E-state index contributed by atoms with van der Waals surface area (Å²) in [6.45, 7) is 0.753. The highest BCUT2D eigenvalue weighted by Gasteiger charge is 2.20. The minimum absolute atomic E-state index is 0.122. The summed E-state index contributed by atoms with van der Waals surface area (Å²) in [5, 5.41) is 0. The maximum absolute atomic E-state index is 6.40. The van der Waals surface area contributed by atoms with Gasteiger partial charge in [-0.15, -0.1) is 0 Å². The summed E-state index contributed by atoms with van der Waals surface area (Å²) < 4.78 is 12.2. The predicted octanol–water partition coefficient (Wildman–Crippen LogP) is 3.64. The van der Waals surface area contributed by atoms with Crippen molar-refractivity contribution in [2.75, 3.05) is 13.7 Å². The molecule has 2 aromatic carbocycles. The van der Waals surface area contributed by atoms with Crippen molar-refractivity contribution in [2.24, 2.45) is 5.73 Å². The molecule has 110 valence electrons. The molecule has 1 aliphatic rings. The molecule has 0 saturated carbocycles. The third-order valence-corrected chi connectivity index (χ3v) is 4.26. The molecule has 1 heterocycles. The summed E-state index contributed by atoms with van der Waals surface area (Å²) in [7, 11) is 1.67. The molecule has 2 N–H and O–H groups in total. The van der Waals surface area contributed by atoms with Crippen LogP contribution >= 0.6 is 15.9 Å². The second-order valence-electron chi connectivity index (χ2n) is 5.20. The van der Waals surface area contributed by atoms with Crippen molar-refractivity contribution in [1.29, 1.82) is 0 Å². The SMILES string of the molecule is COc1ccccc1C(N)Cc1cc(Br)cc2c1OCC2. The van der Waals surface area contributed by atoms with Gasteiger partial charge in [-0.3, -0.25) is 0 Å². The topological polar surface area (TPSA) is 44.5 Å². The Hall–Kier alpha value is -1.52. The number of ether oxygens (including phenoxy) is 2. The number of fused-ring (bicyclic) bond motifs is 1. The minimum Gasteiger partial charge on any atom is -0.496 e. The lowest BCUT2D eigenvalue weighted by molar-refractivity contribution is 0.352. The first-order chi connectivity index (χ1) is 10.2. The van der Waals surface area contributed by atoms with Crippen LogP contribution in [0.3, 0.4) is 0 Å². The van der Waals surface area contributed by atoms with Gasteiger partial charge in [-0.1, -0.05) is 34.1 Å². The van der Waals surface area contributed by atoms with Crippen molar-refractivity contribution < 1.29 is 9.47 Å². The Morgan fingerprint density at radius 3 is 2.95 bits per heavy atom. The zero-order chi connectivity index (χ0) is 14.8. The molecule has 0 aliphatic carbocycles. The summed E-state index contributed by atoms with van der Waals surface area (Å²) in [4.78, 5) is 0. The van der Waals surface area contributed by atoms with Gasteiger partial charge < -0.3 is 15.2 Å². The highest BCUT2D eigenvalue weighted by atomic mass is 79.9. The van der Waals surface area contributed by atoms with E-state index in [9.17, 15) is 0 Å². The van der Waals surface area contributed by atoms with E-state index in [1.807, 2.05) is 24.3 Å². The molecule has 3 rings (SSSR count). The molecule has 1 unspecified atom stereocenters. The Bertz CT molecular complexity index is 657. The van der Waals surface area contributed by atoms with E-state index < -0.39 is 0 Å². The van der Waals surface area contributed by atoms with Crippen molar-refractivity contribution in [3.8, 4) is 11.5 Å². The van der Waals surface area contributed by atoms with Crippen LogP contribution in [-0.2, 0) is 12.8 Å². The monoisotopic (exact) mass is 347 g/mol. The van der Waals surface area contributed by atoms with Crippen molar-refractivity contribution in [3.63, 3.8) is 0 Å². The third-order valence-electron chi connectivity index (χ3n) is 3.80. The summed E-state index contributed by atoms with van der Waals surface area (Å²) in [5.74, 6) is 1.83. The maximum atomic E-state index is 6.40. The number of para-hydroxylation sites is 1. The van der Waals surface area contributed by atoms with Gasteiger partial charge in [0.05, 0.1) is 13.7 Å². The van der Waals surface area contributed by atoms with E-state index in [4.69, 9.17) is 15.2 Å². The Labute approximate surface area is 133 Å². The van der Waals surface area contributed by atoms with Crippen molar-refractivity contribution in [1.82, 2.24) is 0 Å². The van der Waals surface area contributed by atoms with Crippen LogP contribution in [0.1, 0.15) is 22.7 Å². The fourth-order valence-electron chi connectivity index (χ4n) is 2.82. The molecule has 0 spiro atoms. The van der Waals surface area contributed by atoms with Crippen LogP contribution in [0.25, 0.3) is 0 Å². The molecule has 0 fully saturated rings.